The number of hydrogen-bond acceptors (Lipinski definition) is 4. The first-order valence-electron chi connectivity index (χ1n) is 6.89. The van der Waals surface area contributed by atoms with E-state index in [1.807, 2.05) is 4.72 Å². The van der Waals surface area contributed by atoms with Gasteiger partial charge in [0.2, 0.25) is 10.0 Å². The van der Waals surface area contributed by atoms with E-state index in [0.29, 0.717) is 12.3 Å². The lowest BCUT2D eigenvalue weighted by atomic mass is 10.1. The molecule has 2 N–H and O–H groups in total. The van der Waals surface area contributed by atoms with Gasteiger partial charge in [-0.15, -0.1) is 0 Å². The average Bonchev–Trinajstić information content (AvgIpc) is 2.46. The minimum atomic E-state index is -4.70. The van der Waals surface area contributed by atoms with E-state index in [1.54, 1.807) is 25.1 Å². The molecular weight excluding hydrogens is 359 g/mol. The second-order valence-corrected chi connectivity index (χ2v) is 7.06. The van der Waals surface area contributed by atoms with Gasteiger partial charge in [-0.05, 0) is 25.1 Å². The van der Waals surface area contributed by atoms with Crippen LogP contribution in [0.25, 0.3) is 0 Å². The number of pyridine rings is 1. The molecular formula is C15H14F3N3O3S. The Morgan fingerprint density at radius 2 is 1.88 bits per heavy atom. The standard InChI is InChI=1S/C15H14F3N3O3S/c1-9-4-3-5-10(6-9)14(22)20-12-7-11(15(16,17)18)8-19-13(12)21-25(2,23)24/h3-8H,1-2H3,(H,19,21)(H,20,22). The molecule has 2 aromatic rings. The zero-order chi connectivity index (χ0) is 18.8. The molecule has 0 unspecified atom stereocenters. The second-order valence-electron chi connectivity index (χ2n) is 5.32. The highest BCUT2D eigenvalue weighted by Crippen LogP contribution is 2.33. The van der Waals surface area contributed by atoms with Gasteiger partial charge in [0, 0.05) is 11.8 Å². The van der Waals surface area contributed by atoms with E-state index < -0.39 is 39.2 Å². The number of carbonyl (C=O) groups is 1. The third-order valence-corrected chi connectivity index (χ3v) is 3.59. The number of nitrogens with zero attached hydrogens (tertiary/aromatic N) is 1. The molecule has 1 aromatic carbocycles. The molecule has 0 radical (unpaired) electrons. The number of nitrogens with one attached hydrogen (secondary N) is 2. The second kappa shape index (κ2) is 6.71. The predicted octanol–water partition coefficient (Wildman–Crippen LogP) is 3.03. The number of halogens is 3. The summed E-state index contributed by atoms with van der Waals surface area (Å²) in [5.41, 5.74) is -0.523. The lowest BCUT2D eigenvalue weighted by Crippen LogP contribution is -2.18. The highest BCUT2D eigenvalue weighted by molar-refractivity contribution is 7.92. The molecule has 10 heteroatoms. The van der Waals surface area contributed by atoms with Crippen LogP contribution < -0.4 is 10.0 Å². The van der Waals surface area contributed by atoms with Crippen LogP contribution in [0.4, 0.5) is 24.7 Å². The first kappa shape index (κ1) is 18.7. The van der Waals surface area contributed by atoms with Crippen LogP contribution in [0.2, 0.25) is 0 Å². The van der Waals surface area contributed by atoms with Crippen molar-refractivity contribution in [3.8, 4) is 0 Å². The molecule has 25 heavy (non-hydrogen) atoms. The van der Waals surface area contributed by atoms with E-state index >= 15 is 0 Å². The Labute approximate surface area is 142 Å². The van der Waals surface area contributed by atoms with Crippen LogP contribution >= 0.6 is 0 Å². The molecule has 0 saturated carbocycles. The molecule has 0 spiro atoms. The number of hydrogen-bond donors (Lipinski definition) is 2. The summed E-state index contributed by atoms with van der Waals surface area (Å²) in [4.78, 5) is 15.7. The van der Waals surface area contributed by atoms with Crippen LogP contribution in [0, 0.1) is 6.92 Å². The maximum absolute atomic E-state index is 12.9. The molecule has 0 atom stereocenters. The summed E-state index contributed by atoms with van der Waals surface area (Å²) >= 11 is 0. The van der Waals surface area contributed by atoms with Crippen molar-refractivity contribution in [2.75, 3.05) is 16.3 Å². The Kier molecular flexibility index (Phi) is 5.02. The van der Waals surface area contributed by atoms with Crippen molar-refractivity contribution in [3.05, 3.63) is 53.2 Å². The molecule has 0 fully saturated rings. The summed E-state index contributed by atoms with van der Waals surface area (Å²) in [5.74, 6) is -1.10. The lowest BCUT2D eigenvalue weighted by molar-refractivity contribution is -0.137. The number of anilines is 2. The summed E-state index contributed by atoms with van der Waals surface area (Å²) in [7, 11) is -3.80. The molecule has 6 nitrogen and oxygen atoms in total. The number of amides is 1. The molecule has 1 amide bonds. The smallest absolute Gasteiger partial charge is 0.319 e. The van der Waals surface area contributed by atoms with E-state index in [1.165, 1.54) is 6.07 Å². The van der Waals surface area contributed by atoms with Crippen molar-refractivity contribution >= 4 is 27.4 Å². The Balaban J connectivity index is 2.43. The van der Waals surface area contributed by atoms with Crippen LogP contribution in [0.3, 0.4) is 0 Å². The highest BCUT2D eigenvalue weighted by Gasteiger charge is 2.32. The first-order chi connectivity index (χ1) is 11.5. The number of sulfonamides is 1. The Morgan fingerprint density at radius 1 is 1.20 bits per heavy atom. The molecule has 1 aromatic heterocycles. The number of aryl methyl sites for hydroxylation is 1. The third kappa shape index (κ3) is 5.18. The monoisotopic (exact) mass is 373 g/mol. The topological polar surface area (TPSA) is 88.2 Å². The largest absolute Gasteiger partial charge is 0.417 e. The summed E-state index contributed by atoms with van der Waals surface area (Å²) < 4.78 is 63.3. The van der Waals surface area contributed by atoms with Gasteiger partial charge in [0.05, 0.1) is 17.5 Å². The van der Waals surface area contributed by atoms with E-state index in [2.05, 4.69) is 10.3 Å². The van der Waals surface area contributed by atoms with Crippen LogP contribution in [0.1, 0.15) is 21.5 Å². The molecule has 0 aliphatic carbocycles. The fourth-order valence-electron chi connectivity index (χ4n) is 1.95. The zero-order valence-corrected chi connectivity index (χ0v) is 14.0. The predicted molar refractivity (Wildman–Crippen MR) is 86.8 cm³/mol. The van der Waals surface area contributed by atoms with Crippen molar-refractivity contribution in [2.45, 2.75) is 13.1 Å². The summed E-state index contributed by atoms with van der Waals surface area (Å²) in [6.07, 6.45) is -3.40. The summed E-state index contributed by atoms with van der Waals surface area (Å²) in [6, 6.07) is 7.00. The van der Waals surface area contributed by atoms with Crippen molar-refractivity contribution in [2.24, 2.45) is 0 Å². The van der Waals surface area contributed by atoms with Gasteiger partial charge in [-0.2, -0.15) is 13.2 Å². The Bertz CT molecular complexity index is 912. The number of alkyl halides is 3. The highest BCUT2D eigenvalue weighted by atomic mass is 32.2. The third-order valence-electron chi connectivity index (χ3n) is 3.03. The molecule has 1 heterocycles. The maximum Gasteiger partial charge on any atom is 0.417 e. The van der Waals surface area contributed by atoms with E-state index in [4.69, 9.17) is 0 Å². The van der Waals surface area contributed by atoms with Crippen LogP contribution in [-0.4, -0.2) is 25.6 Å². The van der Waals surface area contributed by atoms with Gasteiger partial charge in [-0.1, -0.05) is 17.7 Å². The van der Waals surface area contributed by atoms with E-state index in [0.717, 1.165) is 11.8 Å². The van der Waals surface area contributed by atoms with Crippen molar-refractivity contribution < 1.29 is 26.4 Å². The molecule has 2 rings (SSSR count). The minimum Gasteiger partial charge on any atom is -0.319 e. The van der Waals surface area contributed by atoms with Gasteiger partial charge in [0.25, 0.3) is 5.91 Å². The first-order valence-corrected chi connectivity index (χ1v) is 8.78. The maximum atomic E-state index is 12.9. The quantitative estimate of drug-likeness (QED) is 0.862. The van der Waals surface area contributed by atoms with Gasteiger partial charge in [-0.25, -0.2) is 13.4 Å². The van der Waals surface area contributed by atoms with E-state index in [-0.39, 0.29) is 5.56 Å². The fraction of sp³-hybridized carbons (Fsp3) is 0.200. The van der Waals surface area contributed by atoms with Crippen LogP contribution in [0.15, 0.2) is 36.5 Å². The number of rotatable bonds is 4. The molecule has 0 aliphatic heterocycles. The van der Waals surface area contributed by atoms with Crippen molar-refractivity contribution in [1.29, 1.82) is 0 Å². The Hall–Kier alpha value is -2.62. The summed E-state index contributed by atoms with van der Waals surface area (Å²) in [6.45, 7) is 1.75. The molecule has 0 aliphatic rings. The molecule has 0 bridgehead atoms. The van der Waals surface area contributed by atoms with Gasteiger partial charge < -0.3 is 5.32 Å². The lowest BCUT2D eigenvalue weighted by Gasteiger charge is -2.14. The zero-order valence-electron chi connectivity index (χ0n) is 13.2. The number of aromatic nitrogens is 1. The van der Waals surface area contributed by atoms with Crippen LogP contribution in [-0.2, 0) is 16.2 Å². The van der Waals surface area contributed by atoms with Crippen LogP contribution in [0.5, 0.6) is 0 Å². The fourth-order valence-corrected chi connectivity index (χ4v) is 2.47. The van der Waals surface area contributed by atoms with E-state index in [9.17, 15) is 26.4 Å². The molecule has 134 valence electrons. The molecule has 0 saturated heterocycles. The van der Waals surface area contributed by atoms with Crippen molar-refractivity contribution in [1.82, 2.24) is 4.98 Å². The van der Waals surface area contributed by atoms with Gasteiger partial charge in [0.1, 0.15) is 0 Å². The Morgan fingerprint density at radius 3 is 2.44 bits per heavy atom. The van der Waals surface area contributed by atoms with Gasteiger partial charge in [-0.3, -0.25) is 9.52 Å². The van der Waals surface area contributed by atoms with Crippen molar-refractivity contribution in [3.63, 3.8) is 0 Å². The summed E-state index contributed by atoms with van der Waals surface area (Å²) in [5, 5.41) is 2.26. The van der Waals surface area contributed by atoms with Gasteiger partial charge in [0.15, 0.2) is 5.82 Å². The number of benzene rings is 1. The van der Waals surface area contributed by atoms with Gasteiger partial charge >= 0.3 is 6.18 Å². The SMILES string of the molecule is Cc1cccc(C(=O)Nc2cc(C(F)(F)F)cnc2NS(C)(=O)=O)c1. The normalized spacial score (nSPS) is 11.9. The average molecular weight is 373 g/mol. The minimum absolute atomic E-state index is 0.211. The number of carbonyl (C=O) groups excluding carboxylic acids is 1.